The Labute approximate surface area is 160 Å². The van der Waals surface area contributed by atoms with E-state index in [9.17, 15) is 13.2 Å². The largest absolute Gasteiger partial charge is 0.495 e. The molecule has 1 N–H and O–H groups in total. The van der Waals surface area contributed by atoms with Gasteiger partial charge in [-0.1, -0.05) is 0 Å². The van der Waals surface area contributed by atoms with Gasteiger partial charge in [0.25, 0.3) is 10.0 Å². The molecule has 1 aliphatic heterocycles. The minimum Gasteiger partial charge on any atom is -0.495 e. The number of amides is 1. The number of carbonyl (C=O) groups excluding carboxylic acids is 1. The number of rotatable bonds is 5. The summed E-state index contributed by atoms with van der Waals surface area (Å²) in [6.45, 7) is 6.34. The van der Waals surface area contributed by atoms with E-state index in [2.05, 4.69) is 4.72 Å². The maximum Gasteiger partial charge on any atom is 0.265 e. The number of benzene rings is 2. The van der Waals surface area contributed by atoms with Crippen molar-refractivity contribution in [1.82, 2.24) is 0 Å². The Morgan fingerprint density at radius 3 is 2.33 bits per heavy atom. The summed E-state index contributed by atoms with van der Waals surface area (Å²) >= 11 is 0. The van der Waals surface area contributed by atoms with Crippen LogP contribution in [0.2, 0.25) is 0 Å². The van der Waals surface area contributed by atoms with Gasteiger partial charge in [-0.2, -0.15) is 0 Å². The van der Waals surface area contributed by atoms with Gasteiger partial charge in [0.15, 0.2) is 0 Å². The molecule has 0 aliphatic carbocycles. The number of sulfonamides is 1. The molecular weight excluding hydrogens is 364 g/mol. The second kappa shape index (κ2) is 7.23. The predicted octanol–water partition coefficient (Wildman–Crippen LogP) is 3.55. The van der Waals surface area contributed by atoms with Crippen LogP contribution < -0.4 is 14.4 Å². The normalized spacial score (nSPS) is 14.5. The lowest BCUT2D eigenvalue weighted by molar-refractivity contribution is -0.117. The summed E-state index contributed by atoms with van der Waals surface area (Å²) in [6.07, 6.45) is 1.40. The van der Waals surface area contributed by atoms with Gasteiger partial charge in [-0.3, -0.25) is 9.52 Å². The Bertz CT molecular complexity index is 999. The van der Waals surface area contributed by atoms with Gasteiger partial charge in [0.05, 0.1) is 7.11 Å². The van der Waals surface area contributed by atoms with E-state index in [1.54, 1.807) is 35.2 Å². The van der Waals surface area contributed by atoms with Gasteiger partial charge in [0.2, 0.25) is 5.91 Å². The lowest BCUT2D eigenvalue weighted by Crippen LogP contribution is -2.24. The summed E-state index contributed by atoms with van der Waals surface area (Å²) in [4.78, 5) is 13.8. The fraction of sp³-hybridized carbons (Fsp3) is 0.350. The van der Waals surface area contributed by atoms with E-state index in [4.69, 9.17) is 4.74 Å². The molecule has 1 saturated heterocycles. The molecule has 6 nitrogen and oxygen atoms in total. The monoisotopic (exact) mass is 388 g/mol. The lowest BCUT2D eigenvalue weighted by atomic mass is 10.1. The summed E-state index contributed by atoms with van der Waals surface area (Å²) < 4.78 is 33.7. The van der Waals surface area contributed by atoms with E-state index in [1.807, 2.05) is 20.8 Å². The molecule has 0 saturated carbocycles. The van der Waals surface area contributed by atoms with Crippen LogP contribution in [0.1, 0.15) is 29.5 Å². The van der Waals surface area contributed by atoms with Gasteiger partial charge in [0.1, 0.15) is 10.6 Å². The van der Waals surface area contributed by atoms with Crippen LogP contribution >= 0.6 is 0 Å². The molecule has 144 valence electrons. The third-order valence-corrected chi connectivity index (χ3v) is 6.29. The fourth-order valence-electron chi connectivity index (χ4n) is 3.27. The quantitative estimate of drug-likeness (QED) is 0.850. The van der Waals surface area contributed by atoms with Gasteiger partial charge in [-0.15, -0.1) is 0 Å². The van der Waals surface area contributed by atoms with Crippen LogP contribution in [-0.4, -0.2) is 28.0 Å². The number of nitrogens with one attached hydrogen (secondary N) is 1. The summed E-state index contributed by atoms with van der Waals surface area (Å²) in [6, 6.07) is 8.54. The van der Waals surface area contributed by atoms with Crippen LogP contribution in [0.5, 0.6) is 5.75 Å². The lowest BCUT2D eigenvalue weighted by Gasteiger charge is -2.19. The van der Waals surface area contributed by atoms with E-state index in [0.29, 0.717) is 24.4 Å². The van der Waals surface area contributed by atoms with Crippen LogP contribution in [0.3, 0.4) is 0 Å². The molecule has 0 radical (unpaired) electrons. The maximum atomic E-state index is 12.9. The van der Waals surface area contributed by atoms with E-state index >= 15 is 0 Å². The van der Waals surface area contributed by atoms with Gasteiger partial charge < -0.3 is 9.64 Å². The number of nitrogens with zero attached hydrogens (tertiary/aromatic N) is 1. The number of aryl methyl sites for hydroxylation is 3. The highest BCUT2D eigenvalue weighted by Crippen LogP contribution is 2.31. The number of hydrogen-bond acceptors (Lipinski definition) is 4. The Kier molecular flexibility index (Phi) is 5.15. The van der Waals surface area contributed by atoms with Gasteiger partial charge in [0, 0.05) is 24.3 Å². The van der Waals surface area contributed by atoms with Crippen molar-refractivity contribution in [3.63, 3.8) is 0 Å². The highest BCUT2D eigenvalue weighted by molar-refractivity contribution is 7.92. The minimum atomic E-state index is -3.81. The molecule has 1 fully saturated rings. The van der Waals surface area contributed by atoms with E-state index in [0.717, 1.165) is 28.8 Å². The molecule has 3 rings (SSSR count). The molecule has 1 heterocycles. The Morgan fingerprint density at radius 2 is 1.74 bits per heavy atom. The number of hydrogen-bond donors (Lipinski definition) is 1. The molecule has 0 unspecified atom stereocenters. The molecule has 0 atom stereocenters. The summed E-state index contributed by atoms with van der Waals surface area (Å²) in [7, 11) is -2.36. The third-order valence-electron chi connectivity index (χ3n) is 4.88. The van der Waals surface area contributed by atoms with E-state index < -0.39 is 10.0 Å². The molecule has 0 spiro atoms. The number of carbonyl (C=O) groups is 1. The van der Waals surface area contributed by atoms with Gasteiger partial charge in [-0.25, -0.2) is 8.42 Å². The van der Waals surface area contributed by atoms with Crippen molar-refractivity contribution < 1.29 is 17.9 Å². The molecule has 0 aromatic heterocycles. The molecule has 7 heteroatoms. The summed E-state index contributed by atoms with van der Waals surface area (Å²) in [5, 5.41) is 0. The second-order valence-corrected chi connectivity index (χ2v) is 8.49. The predicted molar refractivity (Wildman–Crippen MR) is 106 cm³/mol. The number of anilines is 2. The summed E-state index contributed by atoms with van der Waals surface area (Å²) in [5.41, 5.74) is 3.95. The first kappa shape index (κ1) is 19.2. The average Bonchev–Trinajstić information content (AvgIpc) is 3.02. The Morgan fingerprint density at radius 1 is 1.04 bits per heavy atom. The smallest absolute Gasteiger partial charge is 0.265 e. The van der Waals surface area contributed by atoms with Gasteiger partial charge >= 0.3 is 0 Å². The molecular formula is C20H24N2O4S. The number of ether oxygens (including phenoxy) is 1. The van der Waals surface area contributed by atoms with Crippen molar-refractivity contribution in [2.75, 3.05) is 23.3 Å². The SMILES string of the molecule is COc1cc(C)c(C)cc1S(=O)(=O)Nc1ccc(N2CCCC2=O)c(C)c1. The molecule has 1 aliphatic rings. The zero-order valence-corrected chi connectivity index (χ0v) is 16.8. The van der Waals surface area contributed by atoms with Crippen LogP contribution in [0, 0.1) is 20.8 Å². The second-order valence-electron chi connectivity index (χ2n) is 6.84. The van der Waals surface area contributed by atoms with Crippen LogP contribution in [-0.2, 0) is 14.8 Å². The standard InChI is InChI=1S/C20H24N2O4S/c1-13-11-18(26-4)19(12-14(13)2)27(24,25)21-16-7-8-17(15(3)10-16)22-9-5-6-20(22)23/h7-8,10-12,21H,5-6,9H2,1-4H3. The van der Waals surface area contributed by atoms with Crippen molar-refractivity contribution in [2.24, 2.45) is 0 Å². The average molecular weight is 388 g/mol. The Hall–Kier alpha value is -2.54. The zero-order chi connectivity index (χ0) is 19.8. The van der Waals surface area contributed by atoms with E-state index in [-0.39, 0.29) is 10.8 Å². The fourth-order valence-corrected chi connectivity index (χ4v) is 4.55. The Balaban J connectivity index is 1.92. The number of methoxy groups -OCH3 is 1. The molecule has 2 aromatic carbocycles. The van der Waals surface area contributed by atoms with Crippen molar-refractivity contribution in [3.8, 4) is 5.75 Å². The molecule has 1 amide bonds. The molecule has 2 aromatic rings. The van der Waals surface area contributed by atoms with Crippen molar-refractivity contribution >= 4 is 27.3 Å². The van der Waals surface area contributed by atoms with Crippen LogP contribution in [0.25, 0.3) is 0 Å². The summed E-state index contributed by atoms with van der Waals surface area (Å²) in [5.74, 6) is 0.410. The van der Waals surface area contributed by atoms with Crippen molar-refractivity contribution in [3.05, 3.63) is 47.0 Å². The first-order valence-electron chi connectivity index (χ1n) is 8.82. The van der Waals surface area contributed by atoms with Crippen molar-refractivity contribution in [1.29, 1.82) is 0 Å². The highest BCUT2D eigenvalue weighted by Gasteiger charge is 2.24. The first-order chi connectivity index (χ1) is 12.7. The zero-order valence-electron chi connectivity index (χ0n) is 16.0. The van der Waals surface area contributed by atoms with E-state index in [1.165, 1.54) is 7.11 Å². The molecule has 0 bridgehead atoms. The highest BCUT2D eigenvalue weighted by atomic mass is 32.2. The minimum absolute atomic E-state index is 0.101. The van der Waals surface area contributed by atoms with Crippen molar-refractivity contribution in [2.45, 2.75) is 38.5 Å². The van der Waals surface area contributed by atoms with Crippen LogP contribution in [0.4, 0.5) is 11.4 Å². The maximum absolute atomic E-state index is 12.9. The molecule has 27 heavy (non-hydrogen) atoms. The van der Waals surface area contributed by atoms with Gasteiger partial charge in [-0.05, 0) is 74.2 Å². The van der Waals surface area contributed by atoms with Crippen LogP contribution in [0.15, 0.2) is 35.2 Å². The first-order valence-corrected chi connectivity index (χ1v) is 10.3. The topological polar surface area (TPSA) is 75.7 Å². The third kappa shape index (κ3) is 3.78.